The van der Waals surface area contributed by atoms with Crippen molar-refractivity contribution in [3.63, 3.8) is 0 Å². The van der Waals surface area contributed by atoms with E-state index in [1.165, 1.54) is 0 Å². The quantitative estimate of drug-likeness (QED) is 0.498. The van der Waals surface area contributed by atoms with Gasteiger partial charge in [-0.15, -0.1) is 0 Å². The van der Waals surface area contributed by atoms with Gasteiger partial charge in [0.2, 0.25) is 5.91 Å². The number of ether oxygens (including phenoxy) is 2. The highest BCUT2D eigenvalue weighted by molar-refractivity contribution is 5.98. The van der Waals surface area contributed by atoms with E-state index in [1.807, 2.05) is 25.1 Å². The molecule has 0 radical (unpaired) electrons. The Morgan fingerprint density at radius 2 is 1.94 bits per heavy atom. The molecule has 0 spiro atoms. The average Bonchev–Trinajstić information content (AvgIpc) is 3.14. The minimum absolute atomic E-state index is 0.0653. The maximum atomic E-state index is 12.4. The van der Waals surface area contributed by atoms with Crippen LogP contribution < -0.4 is 20.3 Å². The van der Waals surface area contributed by atoms with Gasteiger partial charge < -0.3 is 25.0 Å². The molecule has 164 valence electrons. The van der Waals surface area contributed by atoms with Crippen LogP contribution in [-0.4, -0.2) is 44.2 Å². The van der Waals surface area contributed by atoms with Gasteiger partial charge in [0.1, 0.15) is 5.75 Å². The summed E-state index contributed by atoms with van der Waals surface area (Å²) < 4.78 is 10.4. The van der Waals surface area contributed by atoms with Crippen LogP contribution in [-0.2, 0) is 9.53 Å². The lowest BCUT2D eigenvalue weighted by Gasteiger charge is -2.18. The molecule has 1 atom stereocenters. The van der Waals surface area contributed by atoms with Crippen molar-refractivity contribution in [3.8, 4) is 5.75 Å². The van der Waals surface area contributed by atoms with Crippen LogP contribution in [0.5, 0.6) is 5.75 Å². The number of amides is 3. The molecular formula is C23H27N3O5. The van der Waals surface area contributed by atoms with E-state index in [9.17, 15) is 14.4 Å². The fraction of sp³-hybridized carbons (Fsp3) is 0.348. The van der Waals surface area contributed by atoms with E-state index in [0.29, 0.717) is 30.2 Å². The largest absolute Gasteiger partial charge is 0.497 e. The lowest BCUT2D eigenvalue weighted by molar-refractivity contribution is -0.117. The van der Waals surface area contributed by atoms with E-state index in [4.69, 9.17) is 9.47 Å². The fourth-order valence-electron chi connectivity index (χ4n) is 3.27. The van der Waals surface area contributed by atoms with Crippen LogP contribution >= 0.6 is 0 Å². The van der Waals surface area contributed by atoms with E-state index in [-0.39, 0.29) is 24.3 Å². The Labute approximate surface area is 181 Å². The molecule has 2 aromatic rings. The molecule has 1 aliphatic rings. The average molecular weight is 425 g/mol. The summed E-state index contributed by atoms with van der Waals surface area (Å²) in [4.78, 5) is 38.3. The molecule has 3 amide bonds. The molecule has 2 aromatic carbocycles. The molecule has 1 saturated heterocycles. The van der Waals surface area contributed by atoms with E-state index in [1.54, 1.807) is 42.3 Å². The van der Waals surface area contributed by atoms with Gasteiger partial charge in [-0.2, -0.15) is 0 Å². The Balaban J connectivity index is 1.51. The first-order valence-corrected chi connectivity index (χ1v) is 10.3. The number of urea groups is 1. The number of methoxy groups -OCH3 is 1. The van der Waals surface area contributed by atoms with Crippen LogP contribution in [0.1, 0.15) is 36.5 Å². The summed E-state index contributed by atoms with van der Waals surface area (Å²) in [6.07, 6.45) is 1.99. The van der Waals surface area contributed by atoms with Gasteiger partial charge in [0.25, 0.3) is 0 Å². The second-order valence-electron chi connectivity index (χ2n) is 7.27. The van der Waals surface area contributed by atoms with Crippen LogP contribution in [0, 0.1) is 0 Å². The Kier molecular flexibility index (Phi) is 7.48. The molecule has 8 heteroatoms. The number of unbranched alkanes of at least 4 members (excludes halogenated alkanes) is 1. The number of benzene rings is 2. The smallest absolute Gasteiger partial charge is 0.338 e. The SMILES string of the molecule is CCCCOC(=O)c1ccc(NC(=O)N[C@H]2CC(=O)N(c3cccc(OC)c3)C2)cc1. The van der Waals surface area contributed by atoms with Gasteiger partial charge in [-0.1, -0.05) is 19.4 Å². The Hall–Kier alpha value is -3.55. The number of hydrogen-bond acceptors (Lipinski definition) is 5. The third-order valence-electron chi connectivity index (χ3n) is 4.93. The van der Waals surface area contributed by atoms with Crippen LogP contribution in [0.25, 0.3) is 0 Å². The first-order valence-electron chi connectivity index (χ1n) is 10.3. The van der Waals surface area contributed by atoms with Crippen molar-refractivity contribution in [1.29, 1.82) is 0 Å². The maximum Gasteiger partial charge on any atom is 0.338 e. The number of rotatable bonds is 8. The second kappa shape index (κ2) is 10.5. The highest BCUT2D eigenvalue weighted by atomic mass is 16.5. The van der Waals surface area contributed by atoms with Gasteiger partial charge in [0, 0.05) is 30.4 Å². The number of carbonyl (C=O) groups excluding carboxylic acids is 3. The summed E-state index contributed by atoms with van der Waals surface area (Å²) >= 11 is 0. The molecule has 31 heavy (non-hydrogen) atoms. The molecule has 0 bridgehead atoms. The normalized spacial score (nSPS) is 15.5. The van der Waals surface area contributed by atoms with Crippen molar-refractivity contribution in [3.05, 3.63) is 54.1 Å². The minimum Gasteiger partial charge on any atom is -0.497 e. The molecular weight excluding hydrogens is 398 g/mol. The molecule has 0 saturated carbocycles. The van der Waals surface area contributed by atoms with Gasteiger partial charge >= 0.3 is 12.0 Å². The van der Waals surface area contributed by atoms with Crippen molar-refractivity contribution in [2.45, 2.75) is 32.2 Å². The summed E-state index contributed by atoms with van der Waals surface area (Å²) in [6, 6.07) is 13.0. The lowest BCUT2D eigenvalue weighted by Crippen LogP contribution is -2.39. The van der Waals surface area contributed by atoms with Crippen molar-refractivity contribution in [2.24, 2.45) is 0 Å². The summed E-state index contributed by atoms with van der Waals surface area (Å²) in [6.45, 7) is 2.80. The Bertz CT molecular complexity index is 929. The molecule has 8 nitrogen and oxygen atoms in total. The van der Waals surface area contributed by atoms with E-state index in [0.717, 1.165) is 18.5 Å². The third kappa shape index (κ3) is 5.97. The molecule has 0 aromatic heterocycles. The molecule has 0 aliphatic carbocycles. The van der Waals surface area contributed by atoms with Crippen molar-refractivity contribution in [1.82, 2.24) is 5.32 Å². The van der Waals surface area contributed by atoms with Crippen molar-refractivity contribution < 1.29 is 23.9 Å². The standard InChI is InChI=1S/C23H27N3O5/c1-3-4-12-31-22(28)16-8-10-17(11-9-16)24-23(29)25-18-13-21(27)26(15-18)19-6-5-7-20(14-19)30-2/h5-11,14,18H,3-4,12-13,15H2,1-2H3,(H2,24,25,29)/t18-/m0/s1. The predicted molar refractivity (Wildman–Crippen MR) is 118 cm³/mol. The number of carbonyl (C=O) groups is 3. The van der Waals surface area contributed by atoms with Crippen molar-refractivity contribution >= 4 is 29.3 Å². The number of hydrogen-bond donors (Lipinski definition) is 2. The highest BCUT2D eigenvalue weighted by Gasteiger charge is 2.31. The zero-order chi connectivity index (χ0) is 22.2. The second-order valence-corrected chi connectivity index (χ2v) is 7.27. The first-order chi connectivity index (χ1) is 15.0. The summed E-state index contributed by atoms with van der Waals surface area (Å²) in [5.74, 6) is 0.216. The molecule has 1 fully saturated rings. The van der Waals surface area contributed by atoms with E-state index >= 15 is 0 Å². The van der Waals surface area contributed by atoms with Crippen LogP contribution in [0.15, 0.2) is 48.5 Å². The maximum absolute atomic E-state index is 12.4. The summed E-state index contributed by atoms with van der Waals surface area (Å²) in [5, 5.41) is 5.55. The highest BCUT2D eigenvalue weighted by Crippen LogP contribution is 2.25. The third-order valence-corrected chi connectivity index (χ3v) is 4.93. The van der Waals surface area contributed by atoms with E-state index in [2.05, 4.69) is 10.6 Å². The van der Waals surface area contributed by atoms with Crippen LogP contribution in [0.3, 0.4) is 0 Å². The molecule has 1 heterocycles. The molecule has 0 unspecified atom stereocenters. The number of esters is 1. The zero-order valence-electron chi connectivity index (χ0n) is 17.7. The number of anilines is 2. The van der Waals surface area contributed by atoms with Gasteiger partial charge in [0.15, 0.2) is 0 Å². The summed E-state index contributed by atoms with van der Waals surface area (Å²) in [5.41, 5.74) is 1.70. The molecule has 1 aliphatic heterocycles. The summed E-state index contributed by atoms with van der Waals surface area (Å²) in [7, 11) is 1.57. The first kappa shape index (κ1) is 22.1. The zero-order valence-corrected chi connectivity index (χ0v) is 17.7. The lowest BCUT2D eigenvalue weighted by atomic mass is 10.2. The fourth-order valence-corrected chi connectivity index (χ4v) is 3.27. The molecule has 2 N–H and O–H groups in total. The minimum atomic E-state index is -0.413. The van der Waals surface area contributed by atoms with Crippen LogP contribution in [0.4, 0.5) is 16.2 Å². The van der Waals surface area contributed by atoms with Gasteiger partial charge in [-0.05, 0) is 42.8 Å². The van der Waals surface area contributed by atoms with Gasteiger partial charge in [-0.25, -0.2) is 9.59 Å². The van der Waals surface area contributed by atoms with Crippen molar-refractivity contribution in [2.75, 3.05) is 30.5 Å². The topological polar surface area (TPSA) is 97.0 Å². The van der Waals surface area contributed by atoms with Crippen LogP contribution in [0.2, 0.25) is 0 Å². The van der Waals surface area contributed by atoms with Gasteiger partial charge in [0.05, 0.1) is 25.3 Å². The number of nitrogens with one attached hydrogen (secondary N) is 2. The van der Waals surface area contributed by atoms with Gasteiger partial charge in [-0.3, -0.25) is 4.79 Å². The Morgan fingerprint density at radius 1 is 1.16 bits per heavy atom. The molecule has 3 rings (SSSR count). The van der Waals surface area contributed by atoms with E-state index < -0.39 is 6.03 Å². The monoisotopic (exact) mass is 425 g/mol. The predicted octanol–water partition coefficient (Wildman–Crippen LogP) is 3.58. The Morgan fingerprint density at radius 3 is 2.65 bits per heavy atom. The number of nitrogens with zero attached hydrogens (tertiary/aromatic N) is 1.